The van der Waals surface area contributed by atoms with Gasteiger partial charge in [0.25, 0.3) is 0 Å². The van der Waals surface area contributed by atoms with Crippen molar-refractivity contribution in [3.05, 3.63) is 102 Å². The zero-order chi connectivity index (χ0) is 17.9. The lowest BCUT2D eigenvalue weighted by atomic mass is 10.0. The topological polar surface area (TPSA) is 46.5 Å². The van der Waals surface area contributed by atoms with E-state index in [9.17, 15) is 9.90 Å². The van der Waals surface area contributed by atoms with Crippen molar-refractivity contribution in [2.45, 2.75) is 13.0 Å². The van der Waals surface area contributed by atoms with Crippen LogP contribution in [0, 0.1) is 0 Å². The van der Waals surface area contributed by atoms with E-state index in [1.54, 1.807) is 48.5 Å². The van der Waals surface area contributed by atoms with Gasteiger partial charge in [0.15, 0.2) is 5.78 Å². The van der Waals surface area contributed by atoms with E-state index in [1.165, 1.54) is 0 Å². The molecule has 3 heteroatoms. The summed E-state index contributed by atoms with van der Waals surface area (Å²) >= 11 is 0. The Morgan fingerprint density at radius 2 is 1.32 bits per heavy atom. The molecule has 3 aromatic rings. The normalized spacial score (nSPS) is 11.0. The molecule has 1 unspecified atom stereocenters. The number of hydrogen-bond acceptors (Lipinski definition) is 3. The minimum atomic E-state index is -1.08. The molecule has 0 saturated heterocycles. The lowest BCUT2D eigenvalue weighted by Gasteiger charge is -2.09. The predicted molar refractivity (Wildman–Crippen MR) is 99.8 cm³/mol. The highest BCUT2D eigenvalue weighted by molar-refractivity contribution is 5.99. The van der Waals surface area contributed by atoms with Crippen molar-refractivity contribution in [3.63, 3.8) is 0 Å². The standard InChI is InChI=1S/C14H12O2.C8H10O/c15-13(11-7-3-1-4-8-11)14(16)12-9-5-2-6-10-12;1-2-9-8-6-4-3-5-7-8/h1-10,13,15H;3-7H,2H2,1H3. The van der Waals surface area contributed by atoms with Gasteiger partial charge >= 0.3 is 0 Å². The summed E-state index contributed by atoms with van der Waals surface area (Å²) in [5.74, 6) is 0.673. The Balaban J connectivity index is 0.000000212. The molecule has 0 aliphatic carbocycles. The van der Waals surface area contributed by atoms with Crippen LogP contribution < -0.4 is 4.74 Å². The van der Waals surface area contributed by atoms with Crippen molar-refractivity contribution in [2.75, 3.05) is 6.61 Å². The SMILES string of the molecule is CCOc1ccccc1.O=C(c1ccccc1)C(O)c1ccccc1. The van der Waals surface area contributed by atoms with Crippen LogP contribution in [0.25, 0.3) is 0 Å². The van der Waals surface area contributed by atoms with E-state index in [4.69, 9.17) is 4.74 Å². The lowest BCUT2D eigenvalue weighted by molar-refractivity contribution is 0.0747. The third-order valence-corrected chi connectivity index (χ3v) is 3.48. The molecule has 25 heavy (non-hydrogen) atoms. The second-order valence-corrected chi connectivity index (χ2v) is 5.29. The number of carbonyl (C=O) groups is 1. The van der Waals surface area contributed by atoms with Crippen LogP contribution in [0.15, 0.2) is 91.0 Å². The second-order valence-electron chi connectivity index (χ2n) is 5.29. The van der Waals surface area contributed by atoms with E-state index in [0.717, 1.165) is 12.4 Å². The average Bonchev–Trinajstić information content (AvgIpc) is 2.70. The summed E-state index contributed by atoms with van der Waals surface area (Å²) < 4.78 is 5.21. The number of benzene rings is 3. The number of Topliss-reactive ketones (excluding diaryl/α,β-unsaturated/α-hetero) is 1. The molecular formula is C22H22O3. The van der Waals surface area contributed by atoms with Crippen LogP contribution in [-0.4, -0.2) is 17.5 Å². The van der Waals surface area contributed by atoms with Gasteiger partial charge in [0, 0.05) is 5.56 Å². The van der Waals surface area contributed by atoms with Crippen molar-refractivity contribution in [1.82, 2.24) is 0 Å². The van der Waals surface area contributed by atoms with Gasteiger partial charge in [-0.2, -0.15) is 0 Å². The highest BCUT2D eigenvalue weighted by Gasteiger charge is 2.18. The molecule has 0 aromatic heterocycles. The van der Waals surface area contributed by atoms with E-state index in [0.29, 0.717) is 11.1 Å². The Hall–Kier alpha value is -2.91. The van der Waals surface area contributed by atoms with Gasteiger partial charge in [-0.05, 0) is 24.6 Å². The smallest absolute Gasteiger partial charge is 0.195 e. The van der Waals surface area contributed by atoms with Crippen molar-refractivity contribution in [1.29, 1.82) is 0 Å². The van der Waals surface area contributed by atoms with Crippen LogP contribution in [-0.2, 0) is 0 Å². The highest BCUT2D eigenvalue weighted by Crippen LogP contribution is 2.17. The molecule has 1 atom stereocenters. The largest absolute Gasteiger partial charge is 0.494 e. The highest BCUT2D eigenvalue weighted by atomic mass is 16.5. The van der Waals surface area contributed by atoms with Crippen LogP contribution in [0.3, 0.4) is 0 Å². The number of para-hydroxylation sites is 1. The number of aliphatic hydroxyl groups excluding tert-OH is 1. The van der Waals surface area contributed by atoms with Crippen molar-refractivity contribution < 1.29 is 14.6 Å². The molecule has 3 nitrogen and oxygen atoms in total. The minimum absolute atomic E-state index is 0.271. The second kappa shape index (κ2) is 10.1. The van der Waals surface area contributed by atoms with Crippen LogP contribution >= 0.6 is 0 Å². The summed E-state index contributed by atoms with van der Waals surface area (Å²) in [5, 5.41) is 9.89. The Bertz CT molecular complexity index is 740. The van der Waals surface area contributed by atoms with Crippen LogP contribution in [0.1, 0.15) is 28.9 Å². The molecule has 0 amide bonds. The molecule has 3 rings (SSSR count). The van der Waals surface area contributed by atoms with E-state index in [-0.39, 0.29) is 5.78 Å². The Labute approximate surface area is 148 Å². The molecule has 0 aliphatic heterocycles. The molecular weight excluding hydrogens is 312 g/mol. The van der Waals surface area contributed by atoms with Gasteiger partial charge in [0.1, 0.15) is 11.9 Å². The van der Waals surface area contributed by atoms with Crippen LogP contribution in [0.2, 0.25) is 0 Å². The summed E-state index contributed by atoms with van der Waals surface area (Å²) in [4.78, 5) is 11.9. The van der Waals surface area contributed by atoms with E-state index in [1.807, 2.05) is 49.4 Å². The van der Waals surface area contributed by atoms with Crippen molar-refractivity contribution >= 4 is 5.78 Å². The summed E-state index contributed by atoms with van der Waals surface area (Å²) in [6.07, 6.45) is -1.08. The monoisotopic (exact) mass is 334 g/mol. The van der Waals surface area contributed by atoms with Gasteiger partial charge in [-0.3, -0.25) is 4.79 Å². The summed E-state index contributed by atoms with van der Waals surface area (Å²) in [7, 11) is 0. The first-order chi connectivity index (χ1) is 12.2. The number of ether oxygens (including phenoxy) is 1. The molecule has 1 N–H and O–H groups in total. The van der Waals surface area contributed by atoms with E-state index in [2.05, 4.69) is 0 Å². The zero-order valence-electron chi connectivity index (χ0n) is 14.2. The number of ketones is 1. The lowest BCUT2D eigenvalue weighted by Crippen LogP contribution is -2.11. The van der Waals surface area contributed by atoms with Gasteiger partial charge in [0.2, 0.25) is 0 Å². The van der Waals surface area contributed by atoms with Gasteiger partial charge < -0.3 is 9.84 Å². The Kier molecular flexibility index (Phi) is 7.41. The Morgan fingerprint density at radius 1 is 0.840 bits per heavy atom. The first kappa shape index (κ1) is 18.4. The fourth-order valence-corrected chi connectivity index (χ4v) is 2.23. The summed E-state index contributed by atoms with van der Waals surface area (Å²) in [6, 6.07) is 27.5. The average molecular weight is 334 g/mol. The van der Waals surface area contributed by atoms with Gasteiger partial charge in [-0.15, -0.1) is 0 Å². The number of aliphatic hydroxyl groups is 1. The maximum Gasteiger partial charge on any atom is 0.195 e. The van der Waals surface area contributed by atoms with Crippen molar-refractivity contribution in [3.8, 4) is 5.75 Å². The Morgan fingerprint density at radius 3 is 1.84 bits per heavy atom. The third-order valence-electron chi connectivity index (χ3n) is 3.48. The minimum Gasteiger partial charge on any atom is -0.494 e. The molecule has 0 spiro atoms. The molecule has 0 bridgehead atoms. The van der Waals surface area contributed by atoms with Crippen LogP contribution in [0.4, 0.5) is 0 Å². The van der Waals surface area contributed by atoms with Gasteiger partial charge in [-0.25, -0.2) is 0 Å². The fourth-order valence-electron chi connectivity index (χ4n) is 2.23. The predicted octanol–water partition coefficient (Wildman–Crippen LogP) is 4.69. The number of hydrogen-bond donors (Lipinski definition) is 1. The fraction of sp³-hybridized carbons (Fsp3) is 0.136. The van der Waals surface area contributed by atoms with Crippen LogP contribution in [0.5, 0.6) is 5.75 Å². The van der Waals surface area contributed by atoms with Gasteiger partial charge in [0.05, 0.1) is 6.61 Å². The first-order valence-corrected chi connectivity index (χ1v) is 8.22. The number of rotatable bonds is 5. The molecule has 0 fully saturated rings. The molecule has 0 heterocycles. The maximum absolute atomic E-state index is 11.9. The molecule has 0 aliphatic rings. The number of carbonyl (C=O) groups excluding carboxylic acids is 1. The first-order valence-electron chi connectivity index (χ1n) is 8.22. The quantitative estimate of drug-likeness (QED) is 0.689. The van der Waals surface area contributed by atoms with E-state index >= 15 is 0 Å². The third kappa shape index (κ3) is 5.90. The molecule has 0 radical (unpaired) electrons. The molecule has 0 saturated carbocycles. The molecule has 128 valence electrons. The van der Waals surface area contributed by atoms with E-state index < -0.39 is 6.10 Å². The van der Waals surface area contributed by atoms with Gasteiger partial charge in [-0.1, -0.05) is 78.9 Å². The van der Waals surface area contributed by atoms with Crippen molar-refractivity contribution in [2.24, 2.45) is 0 Å². The maximum atomic E-state index is 11.9. The summed E-state index contributed by atoms with van der Waals surface area (Å²) in [6.45, 7) is 2.72. The molecule has 3 aromatic carbocycles. The summed E-state index contributed by atoms with van der Waals surface area (Å²) in [5.41, 5.74) is 1.15. The zero-order valence-corrected chi connectivity index (χ0v) is 14.2.